The lowest BCUT2D eigenvalue weighted by atomic mass is 9.97. The van der Waals surface area contributed by atoms with Gasteiger partial charge >= 0.3 is 0 Å². The lowest BCUT2D eigenvalue weighted by molar-refractivity contribution is -0.134. The number of methoxy groups -OCH3 is 1. The third-order valence-electron chi connectivity index (χ3n) is 4.91. The number of hydrogen-bond donors (Lipinski definition) is 0. The van der Waals surface area contributed by atoms with Gasteiger partial charge in [-0.2, -0.15) is 0 Å². The highest BCUT2D eigenvalue weighted by atomic mass is 32.1. The summed E-state index contributed by atoms with van der Waals surface area (Å²) in [4.78, 5) is 19.1. The first-order valence-corrected chi connectivity index (χ1v) is 9.94. The van der Waals surface area contributed by atoms with Crippen molar-refractivity contribution in [3.8, 4) is 11.5 Å². The highest BCUT2D eigenvalue weighted by molar-refractivity contribution is 7.18. The number of benzene rings is 2. The van der Waals surface area contributed by atoms with E-state index in [4.69, 9.17) is 14.5 Å². The third-order valence-corrected chi connectivity index (χ3v) is 6.11. The minimum absolute atomic E-state index is 0.0283. The zero-order chi connectivity index (χ0) is 18.6. The number of fused-ring (bicyclic) bond motifs is 1. The molecular weight excluding hydrogens is 360 g/mol. The maximum absolute atomic E-state index is 12.5. The van der Waals surface area contributed by atoms with Crippen LogP contribution in [0.15, 0.2) is 48.5 Å². The molecule has 6 heteroatoms. The van der Waals surface area contributed by atoms with Crippen molar-refractivity contribution in [2.24, 2.45) is 0 Å². The van der Waals surface area contributed by atoms with Crippen LogP contribution in [0.5, 0.6) is 11.5 Å². The molecule has 1 aromatic heterocycles. The molecular formula is C21H22N2O3S. The van der Waals surface area contributed by atoms with Gasteiger partial charge < -0.3 is 14.4 Å². The molecule has 0 atom stereocenters. The van der Waals surface area contributed by atoms with Gasteiger partial charge in [0.05, 0.1) is 22.3 Å². The first-order valence-electron chi connectivity index (χ1n) is 9.13. The smallest absolute Gasteiger partial charge is 0.260 e. The molecule has 2 aromatic carbocycles. The fourth-order valence-corrected chi connectivity index (χ4v) is 4.50. The maximum atomic E-state index is 12.5. The SMILES string of the molecule is COc1cccc(OCC(=O)N2CCC(c3nc4ccccc4s3)CC2)c1. The van der Waals surface area contributed by atoms with Crippen molar-refractivity contribution in [3.05, 3.63) is 53.5 Å². The molecule has 4 rings (SSSR count). The highest BCUT2D eigenvalue weighted by Crippen LogP contribution is 2.33. The Hall–Kier alpha value is -2.60. The van der Waals surface area contributed by atoms with Crippen LogP contribution in [0.3, 0.4) is 0 Å². The number of rotatable bonds is 5. The summed E-state index contributed by atoms with van der Waals surface area (Å²) in [5.41, 5.74) is 1.07. The van der Waals surface area contributed by atoms with Crippen molar-refractivity contribution in [3.63, 3.8) is 0 Å². The van der Waals surface area contributed by atoms with Gasteiger partial charge in [0.2, 0.25) is 0 Å². The summed E-state index contributed by atoms with van der Waals surface area (Å²) in [6.45, 7) is 1.56. The number of amides is 1. The number of piperidine rings is 1. The van der Waals surface area contributed by atoms with Crippen LogP contribution < -0.4 is 9.47 Å². The van der Waals surface area contributed by atoms with E-state index in [9.17, 15) is 4.79 Å². The van der Waals surface area contributed by atoms with E-state index in [0.29, 0.717) is 11.7 Å². The number of thiazole rings is 1. The molecule has 0 aliphatic carbocycles. The summed E-state index contributed by atoms with van der Waals surface area (Å²) in [6, 6.07) is 15.6. The van der Waals surface area contributed by atoms with Crippen LogP contribution >= 0.6 is 11.3 Å². The first-order chi connectivity index (χ1) is 13.2. The van der Waals surface area contributed by atoms with Gasteiger partial charge in [-0.05, 0) is 37.1 Å². The molecule has 0 N–H and O–H groups in total. The van der Waals surface area contributed by atoms with E-state index < -0.39 is 0 Å². The molecule has 0 unspecified atom stereocenters. The Balaban J connectivity index is 1.31. The number of carbonyl (C=O) groups excluding carboxylic acids is 1. The zero-order valence-corrected chi connectivity index (χ0v) is 16.1. The van der Waals surface area contributed by atoms with Crippen LogP contribution in [0.1, 0.15) is 23.8 Å². The van der Waals surface area contributed by atoms with Crippen LogP contribution in [-0.2, 0) is 4.79 Å². The summed E-state index contributed by atoms with van der Waals surface area (Å²) in [5, 5.41) is 1.19. The fraction of sp³-hybridized carbons (Fsp3) is 0.333. The van der Waals surface area contributed by atoms with Crippen LogP contribution in [0.25, 0.3) is 10.2 Å². The lowest BCUT2D eigenvalue weighted by Crippen LogP contribution is -2.40. The second-order valence-electron chi connectivity index (χ2n) is 6.64. The predicted molar refractivity (Wildman–Crippen MR) is 107 cm³/mol. The van der Waals surface area contributed by atoms with Gasteiger partial charge in [-0.15, -0.1) is 11.3 Å². The number of carbonyl (C=O) groups is 1. The molecule has 140 valence electrons. The Morgan fingerprint density at radius 3 is 2.70 bits per heavy atom. The van der Waals surface area contributed by atoms with Gasteiger partial charge in [0.25, 0.3) is 5.91 Å². The zero-order valence-electron chi connectivity index (χ0n) is 15.3. The number of nitrogens with zero attached hydrogens (tertiary/aromatic N) is 2. The standard InChI is InChI=1S/C21H22N2O3S/c1-25-16-5-4-6-17(13-16)26-14-20(24)23-11-9-15(10-12-23)21-22-18-7-2-3-8-19(18)27-21/h2-8,13,15H,9-12,14H2,1H3. The Kier molecular flexibility index (Phi) is 5.25. The Labute approximate surface area is 162 Å². The van der Waals surface area contributed by atoms with E-state index in [1.54, 1.807) is 24.5 Å². The molecule has 0 spiro atoms. The van der Waals surface area contributed by atoms with Crippen molar-refractivity contribution in [1.29, 1.82) is 0 Å². The molecule has 27 heavy (non-hydrogen) atoms. The summed E-state index contributed by atoms with van der Waals surface area (Å²) in [5.74, 6) is 1.83. The van der Waals surface area contributed by atoms with E-state index >= 15 is 0 Å². The largest absolute Gasteiger partial charge is 0.497 e. The van der Waals surface area contributed by atoms with Crippen LogP contribution in [0, 0.1) is 0 Å². The monoisotopic (exact) mass is 382 g/mol. The molecule has 0 bridgehead atoms. The van der Waals surface area contributed by atoms with Gasteiger partial charge in [-0.1, -0.05) is 18.2 Å². The second kappa shape index (κ2) is 7.96. The van der Waals surface area contributed by atoms with Crippen molar-refractivity contribution in [2.75, 3.05) is 26.8 Å². The summed E-state index contributed by atoms with van der Waals surface area (Å²) in [7, 11) is 1.61. The Morgan fingerprint density at radius 1 is 1.15 bits per heavy atom. The van der Waals surface area contributed by atoms with Crippen LogP contribution in [-0.4, -0.2) is 42.6 Å². The van der Waals surface area contributed by atoms with E-state index in [1.165, 1.54) is 9.71 Å². The van der Waals surface area contributed by atoms with Crippen molar-refractivity contribution < 1.29 is 14.3 Å². The Morgan fingerprint density at radius 2 is 1.93 bits per heavy atom. The highest BCUT2D eigenvalue weighted by Gasteiger charge is 2.26. The van der Waals surface area contributed by atoms with Crippen molar-refractivity contribution >= 4 is 27.5 Å². The van der Waals surface area contributed by atoms with Gasteiger partial charge in [0, 0.05) is 25.1 Å². The average molecular weight is 382 g/mol. The molecule has 1 fully saturated rings. The topological polar surface area (TPSA) is 51.7 Å². The molecule has 2 heterocycles. The minimum Gasteiger partial charge on any atom is -0.497 e. The minimum atomic E-state index is 0.0283. The number of aromatic nitrogens is 1. The van der Waals surface area contributed by atoms with Gasteiger partial charge in [0.15, 0.2) is 6.61 Å². The third kappa shape index (κ3) is 4.06. The fourth-order valence-electron chi connectivity index (χ4n) is 3.37. The van der Waals surface area contributed by atoms with Gasteiger partial charge in [-0.3, -0.25) is 4.79 Å². The summed E-state index contributed by atoms with van der Waals surface area (Å²) >= 11 is 1.77. The molecule has 3 aromatic rings. The molecule has 0 radical (unpaired) electrons. The van der Waals surface area contributed by atoms with Crippen molar-refractivity contribution in [2.45, 2.75) is 18.8 Å². The normalized spacial score (nSPS) is 15.1. The molecule has 1 aliphatic rings. The second-order valence-corrected chi connectivity index (χ2v) is 7.70. The molecule has 1 aliphatic heterocycles. The van der Waals surface area contributed by atoms with E-state index in [-0.39, 0.29) is 12.5 Å². The number of likely N-dealkylation sites (tertiary alicyclic amines) is 1. The number of para-hydroxylation sites is 1. The lowest BCUT2D eigenvalue weighted by Gasteiger charge is -2.31. The van der Waals surface area contributed by atoms with Crippen LogP contribution in [0.2, 0.25) is 0 Å². The number of ether oxygens (including phenoxy) is 2. The molecule has 0 saturated carbocycles. The van der Waals surface area contributed by atoms with Crippen molar-refractivity contribution in [1.82, 2.24) is 9.88 Å². The molecule has 1 saturated heterocycles. The quantitative estimate of drug-likeness (QED) is 0.667. The van der Waals surface area contributed by atoms with E-state index in [0.717, 1.165) is 37.2 Å². The summed E-state index contributed by atoms with van der Waals surface area (Å²) in [6.07, 6.45) is 1.90. The Bertz CT molecular complexity index is 899. The number of hydrogen-bond acceptors (Lipinski definition) is 5. The van der Waals surface area contributed by atoms with Crippen LogP contribution in [0.4, 0.5) is 0 Å². The van der Waals surface area contributed by atoms with Gasteiger partial charge in [-0.25, -0.2) is 4.98 Å². The maximum Gasteiger partial charge on any atom is 0.260 e. The predicted octanol–water partition coefficient (Wildman–Crippen LogP) is 4.09. The van der Waals surface area contributed by atoms with E-state index in [2.05, 4.69) is 12.1 Å². The first kappa shape index (κ1) is 17.8. The van der Waals surface area contributed by atoms with Gasteiger partial charge in [0.1, 0.15) is 11.5 Å². The average Bonchev–Trinajstić information content (AvgIpc) is 3.16. The summed E-state index contributed by atoms with van der Waals surface area (Å²) < 4.78 is 12.0. The van der Waals surface area contributed by atoms with E-state index in [1.807, 2.05) is 35.2 Å². The molecule has 5 nitrogen and oxygen atoms in total. The molecule has 1 amide bonds.